The zero-order chi connectivity index (χ0) is 25.1. The van der Waals surface area contributed by atoms with Gasteiger partial charge in [-0.1, -0.05) is 36.4 Å². The first-order valence-corrected chi connectivity index (χ1v) is 12.3. The summed E-state index contributed by atoms with van der Waals surface area (Å²) in [6.45, 7) is 0. The van der Waals surface area contributed by atoms with E-state index in [2.05, 4.69) is 0 Å². The fourth-order valence-corrected chi connectivity index (χ4v) is 4.90. The summed E-state index contributed by atoms with van der Waals surface area (Å²) in [7, 11) is 0. The Balaban J connectivity index is 1.10. The van der Waals surface area contributed by atoms with Gasteiger partial charge in [0.2, 0.25) is 0 Å². The Morgan fingerprint density at radius 3 is 1.29 bits per heavy atom. The van der Waals surface area contributed by atoms with Crippen LogP contribution in [0.1, 0.15) is 0 Å². The van der Waals surface area contributed by atoms with E-state index in [1.807, 2.05) is 109 Å². The SMILES string of the molecule is c1ccc2c(c1)oc1ccc(-c3ccc(-c4ccc(-c5ccc6oc7ccccc7c6n5)nc4)cn3)nc12. The zero-order valence-corrected chi connectivity index (χ0v) is 20.0. The Hall–Kier alpha value is -5.36. The summed E-state index contributed by atoms with van der Waals surface area (Å²) in [4.78, 5) is 19.1. The van der Waals surface area contributed by atoms with E-state index < -0.39 is 0 Å². The number of para-hydroxylation sites is 2. The Labute approximate surface area is 216 Å². The first-order valence-electron chi connectivity index (χ1n) is 12.3. The second kappa shape index (κ2) is 8.08. The molecular formula is C32H18N4O2. The summed E-state index contributed by atoms with van der Waals surface area (Å²) >= 11 is 0. The molecule has 8 aromatic rings. The maximum atomic E-state index is 5.90. The molecule has 6 heteroatoms. The number of rotatable bonds is 3. The molecule has 0 saturated heterocycles. The van der Waals surface area contributed by atoms with Gasteiger partial charge >= 0.3 is 0 Å². The van der Waals surface area contributed by atoms with Gasteiger partial charge in [-0.2, -0.15) is 0 Å². The van der Waals surface area contributed by atoms with Gasteiger partial charge in [0.05, 0.1) is 22.8 Å². The lowest BCUT2D eigenvalue weighted by Gasteiger charge is -2.05. The highest BCUT2D eigenvalue weighted by Crippen LogP contribution is 2.31. The Kier molecular flexibility index (Phi) is 4.42. The largest absolute Gasteiger partial charge is 0.454 e. The highest BCUT2D eigenvalue weighted by atomic mass is 16.3. The third-order valence-corrected chi connectivity index (χ3v) is 6.83. The fourth-order valence-electron chi connectivity index (χ4n) is 4.90. The normalized spacial score (nSPS) is 11.7. The quantitative estimate of drug-likeness (QED) is 0.249. The molecule has 38 heavy (non-hydrogen) atoms. The number of aromatic nitrogens is 4. The lowest BCUT2D eigenvalue weighted by atomic mass is 10.1. The number of furan rings is 2. The maximum Gasteiger partial charge on any atom is 0.153 e. The van der Waals surface area contributed by atoms with Gasteiger partial charge < -0.3 is 8.83 Å². The second-order valence-corrected chi connectivity index (χ2v) is 9.15. The van der Waals surface area contributed by atoms with E-state index in [-0.39, 0.29) is 0 Å². The van der Waals surface area contributed by atoms with Crippen molar-refractivity contribution in [3.63, 3.8) is 0 Å². The van der Waals surface area contributed by atoms with Gasteiger partial charge in [0.25, 0.3) is 0 Å². The third-order valence-electron chi connectivity index (χ3n) is 6.83. The molecule has 8 rings (SSSR count). The van der Waals surface area contributed by atoms with Crippen LogP contribution in [0.4, 0.5) is 0 Å². The van der Waals surface area contributed by atoms with Gasteiger partial charge in [-0.15, -0.1) is 0 Å². The van der Waals surface area contributed by atoms with Crippen molar-refractivity contribution in [3.05, 3.63) is 109 Å². The molecular weight excluding hydrogens is 472 g/mol. The monoisotopic (exact) mass is 490 g/mol. The number of hydrogen-bond donors (Lipinski definition) is 0. The molecule has 6 heterocycles. The molecule has 0 bridgehead atoms. The minimum Gasteiger partial charge on any atom is -0.454 e. The molecule has 6 nitrogen and oxygen atoms in total. The number of pyridine rings is 4. The Bertz CT molecular complexity index is 1970. The number of benzene rings is 2. The van der Waals surface area contributed by atoms with Gasteiger partial charge in [0.15, 0.2) is 11.2 Å². The van der Waals surface area contributed by atoms with Crippen molar-refractivity contribution >= 4 is 44.1 Å². The summed E-state index contributed by atoms with van der Waals surface area (Å²) in [6, 6.07) is 31.7. The smallest absolute Gasteiger partial charge is 0.153 e. The van der Waals surface area contributed by atoms with E-state index in [4.69, 9.17) is 28.8 Å². The van der Waals surface area contributed by atoms with Crippen LogP contribution in [0.3, 0.4) is 0 Å². The average molecular weight is 491 g/mol. The van der Waals surface area contributed by atoms with Gasteiger partial charge in [0.1, 0.15) is 22.2 Å². The van der Waals surface area contributed by atoms with Crippen LogP contribution in [0.15, 0.2) is 118 Å². The van der Waals surface area contributed by atoms with Crippen molar-refractivity contribution < 1.29 is 8.83 Å². The van der Waals surface area contributed by atoms with Gasteiger partial charge in [0, 0.05) is 34.3 Å². The van der Waals surface area contributed by atoms with Crippen molar-refractivity contribution in [1.29, 1.82) is 0 Å². The van der Waals surface area contributed by atoms with E-state index in [0.717, 1.165) is 78.0 Å². The summed E-state index contributed by atoms with van der Waals surface area (Å²) < 4.78 is 11.8. The molecule has 0 atom stereocenters. The Morgan fingerprint density at radius 1 is 0.395 bits per heavy atom. The van der Waals surface area contributed by atoms with Gasteiger partial charge in [-0.3, -0.25) is 9.97 Å². The fraction of sp³-hybridized carbons (Fsp3) is 0. The standard InChI is InChI=1S/C32H18N4O2/c1-3-7-27-21(5-1)31-29(37-27)15-13-25(35-31)23-11-9-19(17-33-23)20-10-12-24(34-18-20)26-14-16-30-32(36-26)22-6-2-4-8-28(22)38-30/h1-18H. The first-order chi connectivity index (χ1) is 18.8. The molecule has 0 amide bonds. The highest BCUT2D eigenvalue weighted by Gasteiger charge is 2.12. The van der Waals surface area contributed by atoms with E-state index in [1.54, 1.807) is 0 Å². The summed E-state index contributed by atoms with van der Waals surface area (Å²) in [6.07, 6.45) is 3.71. The molecule has 0 saturated carbocycles. The predicted octanol–water partition coefficient (Wildman–Crippen LogP) is 8.07. The molecule has 0 radical (unpaired) electrons. The highest BCUT2D eigenvalue weighted by molar-refractivity contribution is 6.03. The zero-order valence-electron chi connectivity index (χ0n) is 20.0. The molecule has 6 aromatic heterocycles. The Morgan fingerprint density at radius 2 is 0.842 bits per heavy atom. The topological polar surface area (TPSA) is 77.8 Å². The molecule has 0 spiro atoms. The minimum atomic E-state index is 0.771. The van der Waals surface area contributed by atoms with Crippen LogP contribution in [-0.2, 0) is 0 Å². The molecule has 0 unspecified atom stereocenters. The molecule has 178 valence electrons. The van der Waals surface area contributed by atoms with E-state index in [0.29, 0.717) is 0 Å². The van der Waals surface area contributed by atoms with Crippen molar-refractivity contribution in [2.45, 2.75) is 0 Å². The summed E-state index contributed by atoms with van der Waals surface area (Å²) in [5, 5.41) is 2.00. The summed E-state index contributed by atoms with van der Waals surface area (Å²) in [5.41, 5.74) is 10.1. The van der Waals surface area contributed by atoms with E-state index >= 15 is 0 Å². The summed E-state index contributed by atoms with van der Waals surface area (Å²) in [5.74, 6) is 0. The third kappa shape index (κ3) is 3.28. The van der Waals surface area contributed by atoms with Crippen molar-refractivity contribution in [2.75, 3.05) is 0 Å². The molecule has 0 aliphatic heterocycles. The van der Waals surface area contributed by atoms with Crippen LogP contribution in [0, 0.1) is 0 Å². The predicted molar refractivity (Wildman–Crippen MR) is 148 cm³/mol. The molecule has 0 fully saturated rings. The van der Waals surface area contributed by atoms with Crippen LogP contribution in [0.25, 0.3) is 78.0 Å². The van der Waals surface area contributed by atoms with Crippen molar-refractivity contribution in [2.24, 2.45) is 0 Å². The van der Waals surface area contributed by atoms with Crippen LogP contribution >= 0.6 is 0 Å². The average Bonchev–Trinajstić information content (AvgIpc) is 3.55. The molecule has 0 aliphatic rings. The maximum absolute atomic E-state index is 5.90. The number of hydrogen-bond acceptors (Lipinski definition) is 6. The molecule has 0 N–H and O–H groups in total. The number of fused-ring (bicyclic) bond motifs is 6. The van der Waals surface area contributed by atoms with Crippen LogP contribution < -0.4 is 0 Å². The van der Waals surface area contributed by atoms with Gasteiger partial charge in [-0.05, 0) is 60.7 Å². The van der Waals surface area contributed by atoms with Crippen molar-refractivity contribution in [1.82, 2.24) is 19.9 Å². The lowest BCUT2D eigenvalue weighted by Crippen LogP contribution is -1.90. The lowest BCUT2D eigenvalue weighted by molar-refractivity contribution is 0.668. The second-order valence-electron chi connectivity index (χ2n) is 9.15. The molecule has 2 aromatic carbocycles. The van der Waals surface area contributed by atoms with E-state index in [9.17, 15) is 0 Å². The van der Waals surface area contributed by atoms with Crippen LogP contribution in [0.2, 0.25) is 0 Å². The first kappa shape index (κ1) is 20.8. The minimum absolute atomic E-state index is 0.771. The van der Waals surface area contributed by atoms with Crippen LogP contribution in [-0.4, -0.2) is 19.9 Å². The van der Waals surface area contributed by atoms with Crippen molar-refractivity contribution in [3.8, 4) is 33.9 Å². The van der Waals surface area contributed by atoms with Gasteiger partial charge in [-0.25, -0.2) is 9.97 Å². The van der Waals surface area contributed by atoms with E-state index in [1.165, 1.54) is 0 Å². The number of nitrogens with zero attached hydrogens (tertiary/aromatic N) is 4. The molecule has 0 aliphatic carbocycles. The van der Waals surface area contributed by atoms with Crippen LogP contribution in [0.5, 0.6) is 0 Å².